The molecule has 7 nitrogen and oxygen atoms in total. The molecule has 0 unspecified atom stereocenters. The molecule has 0 spiro atoms. The molecule has 0 bridgehead atoms. The Bertz CT molecular complexity index is 762. The van der Waals surface area contributed by atoms with Crippen LogP contribution >= 0.6 is 0 Å². The van der Waals surface area contributed by atoms with Crippen LogP contribution in [0.2, 0.25) is 0 Å². The average molecular weight is 445 g/mol. The van der Waals surface area contributed by atoms with Crippen molar-refractivity contribution in [2.45, 2.75) is 46.6 Å². The first kappa shape index (κ1) is 27.0. The molecule has 1 aliphatic heterocycles. The highest BCUT2D eigenvalue weighted by Crippen LogP contribution is 2.22. The molecule has 1 heterocycles. The maximum absolute atomic E-state index is 9.55. The summed E-state index contributed by atoms with van der Waals surface area (Å²) in [6, 6.07) is 8.56. The van der Waals surface area contributed by atoms with Gasteiger partial charge in [0, 0.05) is 30.9 Å². The van der Waals surface area contributed by atoms with Gasteiger partial charge in [0.05, 0.1) is 0 Å². The van der Waals surface area contributed by atoms with Crippen molar-refractivity contribution in [3.05, 3.63) is 59.7 Å². The van der Waals surface area contributed by atoms with Gasteiger partial charge >= 0.3 is 11.9 Å². The molecule has 1 aliphatic rings. The first-order valence-corrected chi connectivity index (χ1v) is 10.8. The van der Waals surface area contributed by atoms with E-state index in [0.717, 1.165) is 44.8 Å². The van der Waals surface area contributed by atoms with Crippen LogP contribution in [0.25, 0.3) is 0 Å². The van der Waals surface area contributed by atoms with Gasteiger partial charge < -0.3 is 25.2 Å². The van der Waals surface area contributed by atoms with E-state index in [1.807, 2.05) is 0 Å². The molecule has 0 aliphatic carbocycles. The number of nitrogens with one attached hydrogen (secondary N) is 1. The number of piperidine rings is 1. The molecule has 0 saturated carbocycles. The Morgan fingerprint density at radius 3 is 1.81 bits per heavy atom. The van der Waals surface area contributed by atoms with E-state index in [1.54, 1.807) is 0 Å². The van der Waals surface area contributed by atoms with Gasteiger partial charge in [-0.25, -0.2) is 9.59 Å². The zero-order chi connectivity index (χ0) is 23.9. The fourth-order valence-corrected chi connectivity index (χ4v) is 2.85. The molecule has 1 aromatic carbocycles. The number of allylic oxidation sites excluding steroid dienone is 2. The fourth-order valence-electron chi connectivity index (χ4n) is 2.85. The number of aliphatic carboxylic acids is 2. The van der Waals surface area contributed by atoms with Crippen LogP contribution in [0.4, 0.5) is 5.69 Å². The third-order valence-electron chi connectivity index (χ3n) is 4.60. The summed E-state index contributed by atoms with van der Waals surface area (Å²) >= 11 is 0. The van der Waals surface area contributed by atoms with E-state index in [0.29, 0.717) is 18.3 Å². The Hall–Kier alpha value is -3.06. The zero-order valence-corrected chi connectivity index (χ0v) is 19.5. The second kappa shape index (κ2) is 14.9. The Morgan fingerprint density at radius 2 is 1.41 bits per heavy atom. The Kier molecular flexibility index (Phi) is 12.5. The number of carboxylic acids is 2. The summed E-state index contributed by atoms with van der Waals surface area (Å²) in [7, 11) is 0. The minimum Gasteiger partial charge on any atom is -0.490 e. The van der Waals surface area contributed by atoms with E-state index in [2.05, 4.69) is 74.3 Å². The van der Waals surface area contributed by atoms with Gasteiger partial charge in [0.2, 0.25) is 0 Å². The summed E-state index contributed by atoms with van der Waals surface area (Å²) in [6.45, 7) is 12.6. The van der Waals surface area contributed by atoms with Gasteiger partial charge in [0.15, 0.2) is 0 Å². The maximum Gasteiger partial charge on any atom is 0.328 e. The fraction of sp³-hybridized carbons (Fsp3) is 0.440. The number of hydrogen-bond acceptors (Lipinski definition) is 5. The standard InChI is InChI=1S/C21H32N2O.C4H4O4/c1-17(2)11-15-23(16-12-18(3)4)19-5-7-20(8-6-19)24-21-9-13-22-14-10-21;5-3(6)1-2-4(7)8/h5-8,11-12,21-22H,9-10,13-16H2,1-4H3;1-2H,(H,5,6)(H,7,8). The number of rotatable bonds is 9. The lowest BCUT2D eigenvalue weighted by atomic mass is 10.1. The third kappa shape index (κ3) is 12.6. The number of ether oxygens (including phenoxy) is 1. The molecule has 0 atom stereocenters. The lowest BCUT2D eigenvalue weighted by Gasteiger charge is -2.25. The minimum atomic E-state index is -1.26. The molecule has 176 valence electrons. The second-order valence-corrected chi connectivity index (χ2v) is 8.04. The summed E-state index contributed by atoms with van der Waals surface area (Å²) < 4.78 is 6.10. The van der Waals surface area contributed by atoms with Crippen LogP contribution in [0.3, 0.4) is 0 Å². The number of carboxylic acid groups (broad SMARTS) is 2. The average Bonchev–Trinajstić information content (AvgIpc) is 2.74. The SMILES string of the molecule is CC(C)=CCN(CC=C(C)C)c1ccc(OC2CCNCC2)cc1.O=C(O)C=CC(=O)O. The molecule has 1 fully saturated rings. The largest absolute Gasteiger partial charge is 0.490 e. The molecule has 0 amide bonds. The molecule has 0 radical (unpaired) electrons. The summed E-state index contributed by atoms with van der Waals surface area (Å²) in [5.41, 5.74) is 3.94. The van der Waals surface area contributed by atoms with Crippen LogP contribution in [-0.2, 0) is 9.59 Å². The Balaban J connectivity index is 0.000000547. The van der Waals surface area contributed by atoms with E-state index in [-0.39, 0.29) is 0 Å². The number of carbonyl (C=O) groups is 2. The molecule has 3 N–H and O–H groups in total. The second-order valence-electron chi connectivity index (χ2n) is 8.04. The van der Waals surface area contributed by atoms with Gasteiger partial charge in [-0.15, -0.1) is 0 Å². The molecule has 1 saturated heterocycles. The van der Waals surface area contributed by atoms with Crippen molar-refractivity contribution in [3.63, 3.8) is 0 Å². The highest BCUT2D eigenvalue weighted by atomic mass is 16.5. The van der Waals surface area contributed by atoms with Gasteiger partial charge in [-0.2, -0.15) is 0 Å². The number of benzene rings is 1. The molecular formula is C25H36N2O5. The Morgan fingerprint density at radius 1 is 0.938 bits per heavy atom. The van der Waals surface area contributed by atoms with E-state index in [4.69, 9.17) is 14.9 Å². The topological polar surface area (TPSA) is 99.1 Å². The number of anilines is 1. The summed E-state index contributed by atoms with van der Waals surface area (Å²) in [5, 5.41) is 19.0. The summed E-state index contributed by atoms with van der Waals surface area (Å²) in [4.78, 5) is 21.5. The van der Waals surface area contributed by atoms with Crippen molar-refractivity contribution in [1.82, 2.24) is 5.32 Å². The quantitative estimate of drug-likeness (QED) is 0.386. The van der Waals surface area contributed by atoms with Crippen LogP contribution in [-0.4, -0.2) is 54.4 Å². The predicted octanol–water partition coefficient (Wildman–Crippen LogP) is 4.27. The van der Waals surface area contributed by atoms with Crippen molar-refractivity contribution < 1.29 is 24.5 Å². The molecule has 0 aromatic heterocycles. The summed E-state index contributed by atoms with van der Waals surface area (Å²) in [6.07, 6.45) is 8.20. The molecule has 7 heteroatoms. The van der Waals surface area contributed by atoms with Gasteiger partial charge in [-0.05, 0) is 77.9 Å². The first-order valence-electron chi connectivity index (χ1n) is 10.8. The Labute approximate surface area is 191 Å². The molecule has 2 rings (SSSR count). The third-order valence-corrected chi connectivity index (χ3v) is 4.60. The van der Waals surface area contributed by atoms with Crippen LogP contribution in [0, 0.1) is 0 Å². The lowest BCUT2D eigenvalue weighted by molar-refractivity contribution is -0.134. The van der Waals surface area contributed by atoms with Crippen molar-refractivity contribution in [3.8, 4) is 5.75 Å². The van der Waals surface area contributed by atoms with Crippen LogP contribution < -0.4 is 15.0 Å². The van der Waals surface area contributed by atoms with Gasteiger partial charge in [0.1, 0.15) is 11.9 Å². The first-order chi connectivity index (χ1) is 15.2. The highest BCUT2D eigenvalue weighted by molar-refractivity contribution is 5.89. The molecular weight excluding hydrogens is 408 g/mol. The lowest BCUT2D eigenvalue weighted by Crippen LogP contribution is -2.34. The highest BCUT2D eigenvalue weighted by Gasteiger charge is 2.14. The normalized spacial score (nSPS) is 13.5. The van der Waals surface area contributed by atoms with Gasteiger partial charge in [-0.3, -0.25) is 0 Å². The van der Waals surface area contributed by atoms with E-state index in [1.165, 1.54) is 16.8 Å². The van der Waals surface area contributed by atoms with Crippen molar-refractivity contribution in [2.24, 2.45) is 0 Å². The number of nitrogens with zero attached hydrogens (tertiary/aromatic N) is 1. The molecule has 32 heavy (non-hydrogen) atoms. The van der Waals surface area contributed by atoms with E-state index >= 15 is 0 Å². The van der Waals surface area contributed by atoms with Crippen LogP contribution in [0.1, 0.15) is 40.5 Å². The van der Waals surface area contributed by atoms with Crippen LogP contribution in [0.15, 0.2) is 59.7 Å². The van der Waals surface area contributed by atoms with Gasteiger partial charge in [-0.1, -0.05) is 23.3 Å². The minimum absolute atomic E-state index is 0.351. The zero-order valence-electron chi connectivity index (χ0n) is 19.5. The van der Waals surface area contributed by atoms with E-state index < -0.39 is 11.9 Å². The smallest absolute Gasteiger partial charge is 0.328 e. The van der Waals surface area contributed by atoms with Crippen molar-refractivity contribution >= 4 is 17.6 Å². The van der Waals surface area contributed by atoms with Gasteiger partial charge in [0.25, 0.3) is 0 Å². The van der Waals surface area contributed by atoms with Crippen LogP contribution in [0.5, 0.6) is 5.75 Å². The summed E-state index contributed by atoms with van der Waals surface area (Å²) in [5.74, 6) is -1.53. The maximum atomic E-state index is 9.55. The monoisotopic (exact) mass is 444 g/mol. The van der Waals surface area contributed by atoms with Crippen molar-refractivity contribution in [2.75, 3.05) is 31.1 Å². The van der Waals surface area contributed by atoms with E-state index in [9.17, 15) is 9.59 Å². The molecule has 1 aromatic rings. The van der Waals surface area contributed by atoms with Crippen molar-refractivity contribution in [1.29, 1.82) is 0 Å². The predicted molar refractivity (Wildman–Crippen MR) is 128 cm³/mol. The number of hydrogen-bond donors (Lipinski definition) is 3.